The smallest absolute Gasteiger partial charge is 0.328 e. The van der Waals surface area contributed by atoms with Crippen molar-refractivity contribution in [1.29, 1.82) is 0 Å². The molecule has 0 unspecified atom stereocenters. The molecule has 0 aliphatic heterocycles. The predicted octanol–water partition coefficient (Wildman–Crippen LogP) is 3.77. The number of hydrogen-bond acceptors (Lipinski definition) is 6. The molecule has 142 valence electrons. The van der Waals surface area contributed by atoms with Crippen LogP contribution >= 0.6 is 0 Å². The summed E-state index contributed by atoms with van der Waals surface area (Å²) in [5.74, 6) is 0.0855. The van der Waals surface area contributed by atoms with Crippen LogP contribution in [0.2, 0.25) is 25.7 Å². The van der Waals surface area contributed by atoms with Crippen LogP contribution in [0.3, 0.4) is 0 Å². The SMILES string of the molecule is COC(=O)[C@@H](Nc1cccnc1OCOCC[Si](C)(C)C)C(C)(C)C. The lowest BCUT2D eigenvalue weighted by atomic mass is 9.86. The second kappa shape index (κ2) is 9.19. The first-order valence-electron chi connectivity index (χ1n) is 8.54. The van der Waals surface area contributed by atoms with E-state index in [1.807, 2.05) is 26.8 Å². The maximum absolute atomic E-state index is 12.1. The lowest BCUT2D eigenvalue weighted by molar-refractivity contribution is -0.143. The number of carbonyl (C=O) groups is 1. The normalized spacial score (nSPS) is 13.2. The molecule has 1 aromatic rings. The molecule has 0 amide bonds. The van der Waals surface area contributed by atoms with Gasteiger partial charge in [0.15, 0.2) is 6.79 Å². The Morgan fingerprint density at radius 1 is 1.32 bits per heavy atom. The van der Waals surface area contributed by atoms with Crippen LogP contribution in [0.15, 0.2) is 18.3 Å². The maximum atomic E-state index is 12.1. The molecule has 0 saturated carbocycles. The average Bonchev–Trinajstić information content (AvgIpc) is 2.50. The molecule has 0 spiro atoms. The van der Waals surface area contributed by atoms with E-state index >= 15 is 0 Å². The number of anilines is 1. The molecule has 6 nitrogen and oxygen atoms in total. The van der Waals surface area contributed by atoms with Crippen LogP contribution in [0.25, 0.3) is 0 Å². The van der Waals surface area contributed by atoms with Crippen LogP contribution < -0.4 is 10.1 Å². The highest BCUT2D eigenvalue weighted by atomic mass is 28.3. The standard InChI is InChI=1S/C18H32N2O4Si/c1-18(2,3)15(17(21)22-4)20-14-9-8-10-19-16(14)24-13-23-11-12-25(5,6)7/h8-10,15,20H,11-13H2,1-7H3/t15-/m1/s1. The van der Waals surface area contributed by atoms with Crippen molar-refractivity contribution in [1.82, 2.24) is 4.98 Å². The molecule has 1 atom stereocenters. The number of carbonyl (C=O) groups excluding carboxylic acids is 1. The van der Waals surface area contributed by atoms with Gasteiger partial charge in [0.2, 0.25) is 5.88 Å². The Kier molecular flexibility index (Phi) is 7.88. The van der Waals surface area contributed by atoms with Crippen LogP contribution in [0.5, 0.6) is 5.88 Å². The monoisotopic (exact) mass is 368 g/mol. The first-order chi connectivity index (χ1) is 11.5. The van der Waals surface area contributed by atoms with Gasteiger partial charge in [-0.1, -0.05) is 40.4 Å². The van der Waals surface area contributed by atoms with Gasteiger partial charge < -0.3 is 19.5 Å². The van der Waals surface area contributed by atoms with Gasteiger partial charge in [-0.25, -0.2) is 9.78 Å². The Labute approximate surface area is 152 Å². The third-order valence-electron chi connectivity index (χ3n) is 3.65. The molecular formula is C18H32N2O4Si. The van der Waals surface area contributed by atoms with E-state index in [1.54, 1.807) is 12.3 Å². The Hall–Kier alpha value is -1.60. The number of rotatable bonds is 9. The van der Waals surface area contributed by atoms with E-state index in [9.17, 15) is 4.79 Å². The zero-order valence-corrected chi connectivity index (χ0v) is 17.5. The quantitative estimate of drug-likeness (QED) is 0.310. The molecule has 1 rings (SSSR count). The molecule has 0 bridgehead atoms. The van der Waals surface area contributed by atoms with Gasteiger partial charge in [-0.05, 0) is 23.6 Å². The molecule has 0 saturated heterocycles. The predicted molar refractivity (Wildman–Crippen MR) is 103 cm³/mol. The maximum Gasteiger partial charge on any atom is 0.328 e. The van der Waals surface area contributed by atoms with E-state index < -0.39 is 14.1 Å². The molecular weight excluding hydrogens is 336 g/mol. The van der Waals surface area contributed by atoms with E-state index in [-0.39, 0.29) is 18.2 Å². The Morgan fingerprint density at radius 2 is 2.00 bits per heavy atom. The van der Waals surface area contributed by atoms with Crippen LogP contribution in [0.1, 0.15) is 20.8 Å². The number of esters is 1. The molecule has 25 heavy (non-hydrogen) atoms. The molecule has 0 fully saturated rings. The summed E-state index contributed by atoms with van der Waals surface area (Å²) in [5, 5.41) is 3.19. The van der Waals surface area contributed by atoms with Gasteiger partial charge in [-0.15, -0.1) is 0 Å². The largest absolute Gasteiger partial charge is 0.467 e. The highest BCUT2D eigenvalue weighted by molar-refractivity contribution is 6.76. The van der Waals surface area contributed by atoms with Crippen molar-refractivity contribution >= 4 is 19.7 Å². The molecule has 1 aromatic heterocycles. The number of ether oxygens (including phenoxy) is 3. The first kappa shape index (κ1) is 21.4. The average molecular weight is 369 g/mol. The summed E-state index contributed by atoms with van der Waals surface area (Å²) >= 11 is 0. The summed E-state index contributed by atoms with van der Waals surface area (Å²) in [6, 6.07) is 4.18. The van der Waals surface area contributed by atoms with Crippen molar-refractivity contribution < 1.29 is 19.0 Å². The fourth-order valence-electron chi connectivity index (χ4n) is 2.05. The molecule has 0 aliphatic carbocycles. The third kappa shape index (κ3) is 7.88. The minimum atomic E-state index is -1.12. The fourth-order valence-corrected chi connectivity index (χ4v) is 2.81. The minimum Gasteiger partial charge on any atom is -0.467 e. The lowest BCUT2D eigenvalue weighted by Crippen LogP contribution is -2.42. The number of nitrogens with one attached hydrogen (secondary N) is 1. The van der Waals surface area contributed by atoms with E-state index in [0.29, 0.717) is 18.2 Å². The van der Waals surface area contributed by atoms with Gasteiger partial charge in [-0.3, -0.25) is 0 Å². The van der Waals surface area contributed by atoms with Gasteiger partial charge >= 0.3 is 5.97 Å². The molecule has 0 aliphatic rings. The molecule has 1 heterocycles. The topological polar surface area (TPSA) is 69.7 Å². The van der Waals surface area contributed by atoms with E-state index in [2.05, 4.69) is 29.9 Å². The Morgan fingerprint density at radius 3 is 2.56 bits per heavy atom. The van der Waals surface area contributed by atoms with E-state index in [1.165, 1.54) is 7.11 Å². The second-order valence-corrected chi connectivity index (χ2v) is 13.9. The Bertz CT molecular complexity index is 553. The van der Waals surface area contributed by atoms with Gasteiger partial charge in [0.25, 0.3) is 0 Å². The van der Waals surface area contributed by atoms with Crippen LogP contribution in [0.4, 0.5) is 5.69 Å². The van der Waals surface area contributed by atoms with Gasteiger partial charge in [-0.2, -0.15) is 0 Å². The van der Waals surface area contributed by atoms with E-state index in [0.717, 1.165) is 6.04 Å². The highest BCUT2D eigenvalue weighted by Gasteiger charge is 2.33. The van der Waals surface area contributed by atoms with Crippen LogP contribution in [-0.4, -0.2) is 45.6 Å². The van der Waals surface area contributed by atoms with E-state index in [4.69, 9.17) is 14.2 Å². The summed E-state index contributed by atoms with van der Waals surface area (Å²) in [6.45, 7) is 13.6. The fraction of sp³-hybridized carbons (Fsp3) is 0.667. The van der Waals surface area contributed by atoms with Crippen LogP contribution in [0, 0.1) is 5.41 Å². The summed E-state index contributed by atoms with van der Waals surface area (Å²) in [7, 11) is 0.268. The summed E-state index contributed by atoms with van der Waals surface area (Å²) in [5.41, 5.74) is 0.315. The van der Waals surface area contributed by atoms with Crippen molar-refractivity contribution in [3.8, 4) is 5.88 Å². The number of pyridine rings is 1. The zero-order chi connectivity index (χ0) is 19.1. The van der Waals surface area contributed by atoms with Gasteiger partial charge in [0, 0.05) is 20.9 Å². The van der Waals surface area contributed by atoms with Gasteiger partial charge in [0.05, 0.1) is 12.8 Å². The van der Waals surface area contributed by atoms with Crippen LogP contribution in [-0.2, 0) is 14.3 Å². The first-order valence-corrected chi connectivity index (χ1v) is 12.3. The van der Waals surface area contributed by atoms with Crippen molar-refractivity contribution in [2.75, 3.05) is 25.8 Å². The second-order valence-electron chi connectivity index (χ2n) is 8.30. The molecule has 7 heteroatoms. The van der Waals surface area contributed by atoms with Crippen molar-refractivity contribution in [2.45, 2.75) is 52.5 Å². The summed E-state index contributed by atoms with van der Waals surface area (Å²) < 4.78 is 16.1. The number of methoxy groups -OCH3 is 1. The third-order valence-corrected chi connectivity index (χ3v) is 5.35. The zero-order valence-electron chi connectivity index (χ0n) is 16.5. The molecule has 1 N–H and O–H groups in total. The lowest BCUT2D eigenvalue weighted by Gasteiger charge is -2.30. The number of nitrogens with zero attached hydrogens (tertiary/aromatic N) is 1. The molecule has 0 aromatic carbocycles. The summed E-state index contributed by atoms with van der Waals surface area (Å²) in [4.78, 5) is 16.3. The van der Waals surface area contributed by atoms with Crippen molar-refractivity contribution in [3.63, 3.8) is 0 Å². The number of hydrogen-bond donors (Lipinski definition) is 1. The van der Waals surface area contributed by atoms with Gasteiger partial charge in [0.1, 0.15) is 6.04 Å². The van der Waals surface area contributed by atoms with Crippen molar-refractivity contribution in [3.05, 3.63) is 18.3 Å². The van der Waals surface area contributed by atoms with Crippen molar-refractivity contribution in [2.24, 2.45) is 5.41 Å². The Balaban J connectivity index is 2.71. The number of aromatic nitrogens is 1. The summed E-state index contributed by atoms with van der Waals surface area (Å²) in [6.07, 6.45) is 1.65. The highest BCUT2D eigenvalue weighted by Crippen LogP contribution is 2.28. The molecule has 0 radical (unpaired) electrons. The minimum absolute atomic E-state index is 0.134.